The van der Waals surface area contributed by atoms with Crippen LogP contribution in [-0.2, 0) is 13.0 Å². The molecule has 1 atom stereocenters. The Morgan fingerprint density at radius 1 is 1.35 bits per heavy atom. The molecule has 17 heavy (non-hydrogen) atoms. The first-order valence-electron chi connectivity index (χ1n) is 6.43. The smallest absolute Gasteiger partial charge is 0.0581 e. The predicted molar refractivity (Wildman–Crippen MR) is 70.0 cm³/mol. The number of aliphatic hydroxyl groups excluding tert-OH is 1. The van der Waals surface area contributed by atoms with E-state index in [0.29, 0.717) is 0 Å². The molecule has 0 bridgehead atoms. The number of aliphatic hydroxyl groups is 1. The van der Waals surface area contributed by atoms with Crippen molar-refractivity contribution in [3.8, 4) is 0 Å². The zero-order valence-electron chi connectivity index (χ0n) is 10.5. The van der Waals surface area contributed by atoms with Gasteiger partial charge in [0.05, 0.1) is 6.61 Å². The highest BCUT2D eigenvalue weighted by Gasteiger charge is 2.14. The number of rotatable bonds is 5. The summed E-state index contributed by atoms with van der Waals surface area (Å²) >= 11 is 0. The lowest BCUT2D eigenvalue weighted by molar-refractivity contribution is 0.226. The van der Waals surface area contributed by atoms with Crippen LogP contribution < -0.4 is 5.32 Å². The van der Waals surface area contributed by atoms with Crippen LogP contribution in [0.15, 0.2) is 24.3 Å². The van der Waals surface area contributed by atoms with Gasteiger partial charge in [-0.1, -0.05) is 24.3 Å². The van der Waals surface area contributed by atoms with E-state index in [9.17, 15) is 0 Å². The highest BCUT2D eigenvalue weighted by Crippen LogP contribution is 2.17. The molecule has 0 aliphatic carbocycles. The van der Waals surface area contributed by atoms with Crippen molar-refractivity contribution in [2.75, 3.05) is 26.2 Å². The molecule has 1 aliphatic rings. The van der Waals surface area contributed by atoms with Crippen molar-refractivity contribution in [3.63, 3.8) is 0 Å². The normalized spacial score (nSPS) is 17.8. The fourth-order valence-electron chi connectivity index (χ4n) is 2.28. The van der Waals surface area contributed by atoms with E-state index in [2.05, 4.69) is 34.5 Å². The third-order valence-electron chi connectivity index (χ3n) is 3.40. The molecule has 0 saturated carbocycles. The fraction of sp³-hybridized carbons (Fsp3) is 0.571. The second kappa shape index (κ2) is 6.15. The Labute approximate surface area is 103 Å². The summed E-state index contributed by atoms with van der Waals surface area (Å²) in [5.74, 6) is 0. The van der Waals surface area contributed by atoms with Gasteiger partial charge in [-0.15, -0.1) is 0 Å². The summed E-state index contributed by atoms with van der Waals surface area (Å²) in [4.78, 5) is 2.47. The van der Waals surface area contributed by atoms with E-state index >= 15 is 0 Å². The second-order valence-corrected chi connectivity index (χ2v) is 4.83. The number of nitrogens with one attached hydrogen (secondary N) is 1. The molecule has 3 heteroatoms. The minimum absolute atomic E-state index is 0.201. The molecule has 0 radical (unpaired) electrons. The number of hydrogen-bond acceptors (Lipinski definition) is 3. The molecular formula is C14H22N2O. The number of nitrogens with zero attached hydrogens (tertiary/aromatic N) is 1. The molecule has 1 aliphatic heterocycles. The van der Waals surface area contributed by atoms with Crippen molar-refractivity contribution in [3.05, 3.63) is 35.4 Å². The van der Waals surface area contributed by atoms with Crippen molar-refractivity contribution < 1.29 is 5.11 Å². The molecule has 2 N–H and O–H groups in total. The van der Waals surface area contributed by atoms with Crippen molar-refractivity contribution in [1.82, 2.24) is 10.2 Å². The Morgan fingerprint density at radius 3 is 2.88 bits per heavy atom. The first-order chi connectivity index (χ1) is 8.29. The molecule has 0 fully saturated rings. The van der Waals surface area contributed by atoms with Gasteiger partial charge in [-0.2, -0.15) is 0 Å². The highest BCUT2D eigenvalue weighted by molar-refractivity contribution is 5.28. The lowest BCUT2D eigenvalue weighted by Crippen LogP contribution is -2.39. The van der Waals surface area contributed by atoms with Gasteiger partial charge < -0.3 is 10.4 Å². The van der Waals surface area contributed by atoms with Gasteiger partial charge in [0.25, 0.3) is 0 Å². The van der Waals surface area contributed by atoms with Crippen LogP contribution in [0.25, 0.3) is 0 Å². The molecular weight excluding hydrogens is 212 g/mol. The number of benzene rings is 1. The Bertz CT molecular complexity index is 354. The van der Waals surface area contributed by atoms with Crippen LogP contribution in [0.5, 0.6) is 0 Å². The van der Waals surface area contributed by atoms with E-state index in [1.165, 1.54) is 11.1 Å². The third kappa shape index (κ3) is 3.53. The first-order valence-corrected chi connectivity index (χ1v) is 6.43. The summed E-state index contributed by atoms with van der Waals surface area (Å²) in [5.41, 5.74) is 2.97. The maximum Gasteiger partial charge on any atom is 0.0581 e. The highest BCUT2D eigenvalue weighted by atomic mass is 16.3. The van der Waals surface area contributed by atoms with Gasteiger partial charge in [-0.05, 0) is 24.5 Å². The quantitative estimate of drug-likeness (QED) is 0.798. The second-order valence-electron chi connectivity index (χ2n) is 4.83. The standard InChI is InChI=1S/C14H22N2O/c1-12(11-17)15-7-9-16-8-6-13-4-2-3-5-14(13)10-16/h2-5,12,15,17H,6-11H2,1H3. The minimum atomic E-state index is 0.201. The number of fused-ring (bicyclic) bond motifs is 1. The van der Waals surface area contributed by atoms with Gasteiger partial charge in [0.1, 0.15) is 0 Å². The molecule has 0 aromatic heterocycles. The molecule has 1 unspecified atom stereocenters. The summed E-state index contributed by atoms with van der Waals surface area (Å²) in [5, 5.41) is 12.2. The van der Waals surface area contributed by atoms with Crippen molar-refractivity contribution >= 4 is 0 Å². The molecule has 94 valence electrons. The third-order valence-corrected chi connectivity index (χ3v) is 3.40. The first kappa shape index (κ1) is 12.6. The maximum absolute atomic E-state index is 8.93. The topological polar surface area (TPSA) is 35.5 Å². The van der Waals surface area contributed by atoms with Crippen LogP contribution in [0.1, 0.15) is 18.1 Å². The minimum Gasteiger partial charge on any atom is -0.395 e. The van der Waals surface area contributed by atoms with Crippen molar-refractivity contribution in [2.45, 2.75) is 25.9 Å². The van der Waals surface area contributed by atoms with Crippen LogP contribution in [0.4, 0.5) is 0 Å². The van der Waals surface area contributed by atoms with Crippen LogP contribution in [0.2, 0.25) is 0 Å². The monoisotopic (exact) mass is 234 g/mol. The van der Waals surface area contributed by atoms with Gasteiger partial charge in [0, 0.05) is 32.2 Å². The Hall–Kier alpha value is -0.900. The largest absolute Gasteiger partial charge is 0.395 e. The molecule has 1 aromatic carbocycles. The van der Waals surface area contributed by atoms with Crippen molar-refractivity contribution in [1.29, 1.82) is 0 Å². The summed E-state index contributed by atoms with van der Waals surface area (Å²) < 4.78 is 0. The predicted octanol–water partition coefficient (Wildman–Crippen LogP) is 1.02. The van der Waals surface area contributed by atoms with Gasteiger partial charge in [-0.3, -0.25) is 4.90 Å². The fourth-order valence-corrected chi connectivity index (χ4v) is 2.28. The maximum atomic E-state index is 8.93. The molecule has 0 amide bonds. The molecule has 1 aromatic rings. The van der Waals surface area contributed by atoms with Crippen LogP contribution in [0, 0.1) is 0 Å². The van der Waals surface area contributed by atoms with E-state index in [0.717, 1.165) is 32.6 Å². The average Bonchev–Trinajstić information content (AvgIpc) is 2.38. The van der Waals surface area contributed by atoms with Gasteiger partial charge in [0.15, 0.2) is 0 Å². The molecule has 3 nitrogen and oxygen atoms in total. The van der Waals surface area contributed by atoms with E-state index in [1.807, 2.05) is 6.92 Å². The van der Waals surface area contributed by atoms with Crippen molar-refractivity contribution in [2.24, 2.45) is 0 Å². The van der Waals surface area contributed by atoms with Gasteiger partial charge >= 0.3 is 0 Å². The SMILES string of the molecule is CC(CO)NCCN1CCc2ccccc2C1. The van der Waals surface area contributed by atoms with Gasteiger partial charge in [0.2, 0.25) is 0 Å². The molecule has 0 saturated heterocycles. The molecule has 1 heterocycles. The average molecular weight is 234 g/mol. The van der Waals surface area contributed by atoms with E-state index in [4.69, 9.17) is 5.11 Å². The Balaban J connectivity index is 1.78. The van der Waals surface area contributed by atoms with Crippen LogP contribution in [-0.4, -0.2) is 42.3 Å². The summed E-state index contributed by atoms with van der Waals surface area (Å²) in [6.45, 7) is 6.43. The molecule has 0 spiro atoms. The molecule has 2 rings (SSSR count). The lowest BCUT2D eigenvalue weighted by Gasteiger charge is -2.29. The van der Waals surface area contributed by atoms with Crippen LogP contribution >= 0.6 is 0 Å². The zero-order valence-corrected chi connectivity index (χ0v) is 10.5. The Kier molecular flexibility index (Phi) is 4.54. The van der Waals surface area contributed by atoms with E-state index in [-0.39, 0.29) is 12.6 Å². The lowest BCUT2D eigenvalue weighted by atomic mass is 10.00. The summed E-state index contributed by atoms with van der Waals surface area (Å²) in [6, 6.07) is 8.91. The summed E-state index contributed by atoms with van der Waals surface area (Å²) in [7, 11) is 0. The van der Waals surface area contributed by atoms with E-state index in [1.54, 1.807) is 0 Å². The number of hydrogen-bond donors (Lipinski definition) is 2. The van der Waals surface area contributed by atoms with E-state index < -0.39 is 0 Å². The zero-order chi connectivity index (χ0) is 12.1. The Morgan fingerprint density at radius 2 is 2.12 bits per heavy atom. The van der Waals surface area contributed by atoms with Crippen LogP contribution in [0.3, 0.4) is 0 Å². The van der Waals surface area contributed by atoms with Gasteiger partial charge in [-0.25, -0.2) is 0 Å². The summed E-state index contributed by atoms with van der Waals surface area (Å²) in [6.07, 6.45) is 1.16.